The van der Waals surface area contributed by atoms with E-state index in [1.54, 1.807) is 37.5 Å². The topological polar surface area (TPSA) is 66.0 Å². The highest BCUT2D eigenvalue weighted by Gasteiger charge is 2.11. The first kappa shape index (κ1) is 24.0. The fraction of sp³-hybridized carbons (Fsp3) is 0.348. The highest BCUT2D eigenvalue weighted by atomic mass is 19.3. The first-order valence-electron chi connectivity index (χ1n) is 9.74. The van der Waals surface area contributed by atoms with Gasteiger partial charge in [0.05, 0.1) is 20.3 Å². The van der Waals surface area contributed by atoms with Crippen LogP contribution in [-0.4, -0.2) is 39.4 Å². The Morgan fingerprint density at radius 3 is 2.32 bits per heavy atom. The van der Waals surface area contributed by atoms with Gasteiger partial charge in [0, 0.05) is 12.6 Å². The van der Waals surface area contributed by atoms with Gasteiger partial charge < -0.3 is 24.3 Å². The molecule has 1 amide bonds. The summed E-state index contributed by atoms with van der Waals surface area (Å²) in [4.78, 5) is 12.1. The number of amides is 1. The molecule has 6 nitrogen and oxygen atoms in total. The van der Waals surface area contributed by atoms with Crippen molar-refractivity contribution < 1.29 is 32.5 Å². The molecular weight excluding hydrogens is 408 g/mol. The normalized spacial score (nSPS) is 11.1. The molecule has 0 fully saturated rings. The van der Waals surface area contributed by atoms with Crippen LogP contribution >= 0.6 is 0 Å². The van der Waals surface area contributed by atoms with Gasteiger partial charge >= 0.3 is 6.61 Å². The van der Waals surface area contributed by atoms with Gasteiger partial charge in [0.25, 0.3) is 0 Å². The van der Waals surface area contributed by atoms with Crippen molar-refractivity contribution in [3.63, 3.8) is 0 Å². The van der Waals surface area contributed by atoms with Crippen molar-refractivity contribution in [3.05, 3.63) is 53.6 Å². The van der Waals surface area contributed by atoms with Crippen molar-refractivity contribution in [2.45, 2.75) is 33.0 Å². The summed E-state index contributed by atoms with van der Waals surface area (Å²) < 4.78 is 45.5. The number of ether oxygens (including phenoxy) is 4. The summed E-state index contributed by atoms with van der Waals surface area (Å²) >= 11 is 0. The van der Waals surface area contributed by atoms with Crippen LogP contribution in [0.4, 0.5) is 8.78 Å². The number of hydrogen-bond acceptors (Lipinski definition) is 5. The number of benzene rings is 2. The summed E-state index contributed by atoms with van der Waals surface area (Å²) in [5, 5.41) is 2.75. The van der Waals surface area contributed by atoms with Crippen LogP contribution in [0.1, 0.15) is 25.0 Å². The molecule has 0 unspecified atom stereocenters. The van der Waals surface area contributed by atoms with E-state index in [4.69, 9.17) is 14.2 Å². The molecule has 2 aromatic carbocycles. The lowest BCUT2D eigenvalue weighted by atomic mass is 10.1. The third-order valence-electron chi connectivity index (χ3n) is 4.13. The molecule has 0 aromatic heterocycles. The van der Waals surface area contributed by atoms with Crippen LogP contribution in [0.15, 0.2) is 42.5 Å². The smallest absolute Gasteiger partial charge is 0.387 e. The predicted molar refractivity (Wildman–Crippen MR) is 114 cm³/mol. The Kier molecular flexibility index (Phi) is 9.12. The Hall–Kier alpha value is -3.29. The molecule has 0 bridgehead atoms. The molecule has 0 radical (unpaired) electrons. The molecule has 0 spiro atoms. The van der Waals surface area contributed by atoms with Gasteiger partial charge in [-0.2, -0.15) is 8.78 Å². The van der Waals surface area contributed by atoms with E-state index in [9.17, 15) is 13.6 Å². The van der Waals surface area contributed by atoms with E-state index in [0.29, 0.717) is 24.5 Å². The predicted octanol–water partition coefficient (Wildman–Crippen LogP) is 4.46. The summed E-state index contributed by atoms with van der Waals surface area (Å²) in [6, 6.07) is 10.1. The Bertz CT molecular complexity index is 900. The Balaban J connectivity index is 1.91. The van der Waals surface area contributed by atoms with Crippen LogP contribution in [0.5, 0.6) is 23.0 Å². The molecule has 0 heterocycles. The Morgan fingerprint density at radius 2 is 1.68 bits per heavy atom. The third-order valence-corrected chi connectivity index (χ3v) is 4.13. The summed E-state index contributed by atoms with van der Waals surface area (Å²) in [5.41, 5.74) is 1.51. The van der Waals surface area contributed by atoms with Gasteiger partial charge in [-0.3, -0.25) is 4.79 Å². The lowest BCUT2D eigenvalue weighted by molar-refractivity contribution is -0.116. The molecule has 0 saturated heterocycles. The summed E-state index contributed by atoms with van der Waals surface area (Å²) in [7, 11) is 2.93. The molecule has 2 rings (SSSR count). The zero-order chi connectivity index (χ0) is 22.8. The molecule has 0 aliphatic carbocycles. The van der Waals surface area contributed by atoms with Crippen LogP contribution in [0.25, 0.3) is 6.08 Å². The molecule has 1 N–H and O–H groups in total. The van der Waals surface area contributed by atoms with Crippen molar-refractivity contribution in [1.29, 1.82) is 0 Å². The van der Waals surface area contributed by atoms with Crippen molar-refractivity contribution >= 4 is 12.0 Å². The highest BCUT2D eigenvalue weighted by Crippen LogP contribution is 2.30. The summed E-state index contributed by atoms with van der Waals surface area (Å²) in [6.45, 7) is 1.24. The fourth-order valence-electron chi connectivity index (χ4n) is 2.76. The van der Waals surface area contributed by atoms with Crippen LogP contribution in [0.2, 0.25) is 0 Å². The van der Waals surface area contributed by atoms with Gasteiger partial charge in [-0.1, -0.05) is 12.1 Å². The molecule has 31 heavy (non-hydrogen) atoms. The zero-order valence-electron chi connectivity index (χ0n) is 18.0. The third kappa shape index (κ3) is 7.81. The van der Waals surface area contributed by atoms with E-state index in [1.165, 1.54) is 19.3 Å². The summed E-state index contributed by atoms with van der Waals surface area (Å²) in [6.07, 6.45) is 3.54. The van der Waals surface area contributed by atoms with Crippen LogP contribution in [0, 0.1) is 0 Å². The van der Waals surface area contributed by atoms with E-state index in [2.05, 4.69) is 10.1 Å². The SMILES string of the molecule is COc1cc(/C=C/C(=O)NCCc2ccc(OC)c(OC(F)F)c2)ccc1OC(C)C. The highest BCUT2D eigenvalue weighted by molar-refractivity contribution is 5.91. The minimum atomic E-state index is -2.95. The van der Waals surface area contributed by atoms with Crippen molar-refractivity contribution in [2.75, 3.05) is 20.8 Å². The Morgan fingerprint density at radius 1 is 0.968 bits per heavy atom. The molecule has 0 saturated carbocycles. The maximum absolute atomic E-state index is 12.5. The van der Waals surface area contributed by atoms with E-state index in [0.717, 1.165) is 11.1 Å². The van der Waals surface area contributed by atoms with Crippen LogP contribution in [-0.2, 0) is 11.2 Å². The van der Waals surface area contributed by atoms with Gasteiger partial charge in [-0.25, -0.2) is 0 Å². The average molecular weight is 435 g/mol. The maximum Gasteiger partial charge on any atom is 0.387 e. The number of rotatable bonds is 11. The maximum atomic E-state index is 12.5. The molecule has 0 aliphatic heterocycles. The second-order valence-corrected chi connectivity index (χ2v) is 6.81. The zero-order valence-corrected chi connectivity index (χ0v) is 18.0. The number of hydrogen-bond donors (Lipinski definition) is 1. The van der Waals surface area contributed by atoms with Crippen LogP contribution in [0.3, 0.4) is 0 Å². The lowest BCUT2D eigenvalue weighted by Gasteiger charge is -2.13. The largest absolute Gasteiger partial charge is 0.493 e. The van der Waals surface area contributed by atoms with Gasteiger partial charge in [0.2, 0.25) is 5.91 Å². The number of nitrogens with one attached hydrogen (secondary N) is 1. The number of methoxy groups -OCH3 is 2. The lowest BCUT2D eigenvalue weighted by Crippen LogP contribution is -2.23. The standard InChI is InChI=1S/C23H27F2NO5/c1-15(2)30-19-9-6-16(13-20(19)29-4)7-10-22(27)26-12-11-17-5-8-18(28-3)21(14-17)31-23(24)25/h5-10,13-15,23H,11-12H2,1-4H3,(H,26,27)/b10-7+. The minimum Gasteiger partial charge on any atom is -0.493 e. The number of alkyl halides is 2. The monoisotopic (exact) mass is 435 g/mol. The number of carbonyl (C=O) groups is 1. The van der Waals surface area contributed by atoms with Gasteiger partial charge in [0.1, 0.15) is 0 Å². The molecule has 0 aliphatic rings. The van der Waals surface area contributed by atoms with E-state index < -0.39 is 6.61 Å². The van der Waals surface area contributed by atoms with Crippen LogP contribution < -0.4 is 24.3 Å². The van der Waals surface area contributed by atoms with Crippen molar-refractivity contribution in [3.8, 4) is 23.0 Å². The van der Waals surface area contributed by atoms with E-state index in [1.807, 2.05) is 19.9 Å². The van der Waals surface area contributed by atoms with E-state index >= 15 is 0 Å². The van der Waals surface area contributed by atoms with E-state index in [-0.39, 0.29) is 23.5 Å². The fourth-order valence-corrected chi connectivity index (χ4v) is 2.76. The van der Waals surface area contributed by atoms with Crippen molar-refractivity contribution in [2.24, 2.45) is 0 Å². The van der Waals surface area contributed by atoms with Gasteiger partial charge in [-0.15, -0.1) is 0 Å². The minimum absolute atomic E-state index is 0.0183. The van der Waals surface area contributed by atoms with Gasteiger partial charge in [-0.05, 0) is 61.7 Å². The summed E-state index contributed by atoms with van der Waals surface area (Å²) in [5.74, 6) is 1.11. The molecule has 168 valence electrons. The molecule has 8 heteroatoms. The van der Waals surface area contributed by atoms with Crippen molar-refractivity contribution in [1.82, 2.24) is 5.32 Å². The average Bonchev–Trinajstić information content (AvgIpc) is 2.72. The van der Waals surface area contributed by atoms with Gasteiger partial charge in [0.15, 0.2) is 23.0 Å². The first-order valence-corrected chi connectivity index (χ1v) is 9.74. The molecular formula is C23H27F2NO5. The number of halogens is 2. The quantitative estimate of drug-likeness (QED) is 0.528. The Labute approximate surface area is 180 Å². The second-order valence-electron chi connectivity index (χ2n) is 6.81. The number of carbonyl (C=O) groups excluding carboxylic acids is 1. The molecule has 0 atom stereocenters. The first-order chi connectivity index (χ1) is 14.8. The second kappa shape index (κ2) is 11.8. The molecule has 2 aromatic rings.